The number of hydrogen-bond donors (Lipinski definition) is 3. The van der Waals surface area contributed by atoms with Crippen LogP contribution in [0.3, 0.4) is 0 Å². The van der Waals surface area contributed by atoms with Crippen molar-refractivity contribution in [1.29, 1.82) is 5.26 Å². The molecule has 0 spiro atoms. The number of aliphatic imine (C=N–C) groups is 1. The average Bonchev–Trinajstić information content (AvgIpc) is 2.92. The third-order valence-corrected chi connectivity index (χ3v) is 3.92. The van der Waals surface area contributed by atoms with Gasteiger partial charge in [0.25, 0.3) is 0 Å². The molecule has 3 rings (SSSR count). The highest BCUT2D eigenvalue weighted by atomic mass is 127. The lowest BCUT2D eigenvalue weighted by Gasteiger charge is -2.09. The Morgan fingerprint density at radius 1 is 1.17 bits per heavy atom. The van der Waals surface area contributed by atoms with Gasteiger partial charge in [-0.05, 0) is 71.1 Å². The second-order valence-corrected chi connectivity index (χ2v) is 6.03. The van der Waals surface area contributed by atoms with Crippen LogP contribution >= 0.6 is 22.6 Å². The van der Waals surface area contributed by atoms with E-state index in [0.717, 1.165) is 16.6 Å². The predicted octanol–water partition coefficient (Wildman–Crippen LogP) is 3.14. The van der Waals surface area contributed by atoms with Gasteiger partial charge in [0.05, 0.1) is 16.9 Å². The molecule has 0 amide bonds. The Balaban J connectivity index is 1.88. The molecule has 0 aliphatic carbocycles. The molecular formula is C16H13IN6. The largest absolute Gasteiger partial charge is 0.369 e. The molecule has 2 aromatic carbocycles. The lowest BCUT2D eigenvalue weighted by Crippen LogP contribution is -2.26. The third kappa shape index (κ3) is 3.54. The van der Waals surface area contributed by atoms with Gasteiger partial charge < -0.3 is 5.73 Å². The van der Waals surface area contributed by atoms with Crippen LogP contribution in [0, 0.1) is 15.0 Å². The second-order valence-electron chi connectivity index (χ2n) is 4.78. The monoisotopic (exact) mass is 416 g/mol. The topological polar surface area (TPSA) is 91.2 Å². The quantitative estimate of drug-likeness (QED) is 0.201. The molecular weight excluding hydrogens is 403 g/mol. The molecule has 0 aliphatic heterocycles. The fourth-order valence-electron chi connectivity index (χ4n) is 2.18. The summed E-state index contributed by atoms with van der Waals surface area (Å²) < 4.78 is 3.14. The van der Waals surface area contributed by atoms with Crippen LogP contribution in [0.25, 0.3) is 10.9 Å². The van der Waals surface area contributed by atoms with Crippen molar-refractivity contribution in [3.05, 3.63) is 58.3 Å². The van der Waals surface area contributed by atoms with Crippen molar-refractivity contribution in [2.45, 2.75) is 0 Å². The number of nitrogens with two attached hydrogens (primary N) is 1. The summed E-state index contributed by atoms with van der Waals surface area (Å²) in [4.78, 5) is 4.13. The first-order valence-corrected chi connectivity index (χ1v) is 7.86. The number of nitrogens with one attached hydrogen (secondary N) is 2. The zero-order chi connectivity index (χ0) is 16.2. The summed E-state index contributed by atoms with van der Waals surface area (Å²) in [5.41, 5.74) is 11.6. The van der Waals surface area contributed by atoms with Gasteiger partial charge in [-0.15, -0.1) is 0 Å². The van der Waals surface area contributed by atoms with Crippen molar-refractivity contribution in [1.82, 2.24) is 9.99 Å². The van der Waals surface area contributed by atoms with E-state index in [1.165, 1.54) is 3.57 Å². The maximum atomic E-state index is 8.51. The van der Waals surface area contributed by atoms with Crippen LogP contribution in [0.15, 0.2) is 59.7 Å². The van der Waals surface area contributed by atoms with Crippen LogP contribution in [0.4, 0.5) is 11.4 Å². The van der Waals surface area contributed by atoms with Gasteiger partial charge in [0.2, 0.25) is 5.96 Å². The minimum Gasteiger partial charge on any atom is -0.369 e. The van der Waals surface area contributed by atoms with Crippen LogP contribution in [0.1, 0.15) is 0 Å². The van der Waals surface area contributed by atoms with Crippen molar-refractivity contribution in [2.24, 2.45) is 10.7 Å². The van der Waals surface area contributed by atoms with Gasteiger partial charge in [-0.3, -0.25) is 15.4 Å². The highest BCUT2D eigenvalue weighted by Gasteiger charge is 2.03. The molecule has 3 aromatic rings. The number of anilines is 1. The number of aromatic nitrogens is 1. The van der Waals surface area contributed by atoms with Crippen LogP contribution in [0.2, 0.25) is 0 Å². The van der Waals surface area contributed by atoms with E-state index in [9.17, 15) is 0 Å². The Labute approximate surface area is 146 Å². The Morgan fingerprint density at radius 3 is 2.70 bits per heavy atom. The highest BCUT2D eigenvalue weighted by molar-refractivity contribution is 14.1. The second kappa shape index (κ2) is 6.58. The van der Waals surface area contributed by atoms with Gasteiger partial charge in [-0.25, -0.2) is 4.99 Å². The van der Waals surface area contributed by atoms with Crippen LogP contribution < -0.4 is 16.5 Å². The Hall–Kier alpha value is -2.73. The Morgan fingerprint density at radius 2 is 1.96 bits per heavy atom. The SMILES string of the molecule is N#CNC(N)=Nc1ccc2c(ccn2Nc2ccc(I)cc2)c1. The predicted molar refractivity (Wildman–Crippen MR) is 100 cm³/mol. The summed E-state index contributed by atoms with van der Waals surface area (Å²) >= 11 is 2.28. The third-order valence-electron chi connectivity index (χ3n) is 3.20. The summed E-state index contributed by atoms with van der Waals surface area (Å²) in [7, 11) is 0. The van der Waals surface area contributed by atoms with E-state index >= 15 is 0 Å². The minimum absolute atomic E-state index is 0.0725. The molecule has 0 saturated heterocycles. The zero-order valence-electron chi connectivity index (χ0n) is 12.0. The lowest BCUT2D eigenvalue weighted by atomic mass is 10.2. The molecule has 0 radical (unpaired) electrons. The standard InChI is InChI=1S/C16H13IN6/c17-12-1-3-13(4-2-12)22-23-8-7-11-9-14(5-6-15(11)23)21-16(19)20-10-18/h1-9,22H,(H3,19,20,21). The number of hydrogen-bond acceptors (Lipinski definition) is 3. The Bertz CT molecular complexity index is 904. The summed E-state index contributed by atoms with van der Waals surface area (Å²) in [5, 5.41) is 11.8. The van der Waals surface area contributed by atoms with Gasteiger partial charge in [-0.1, -0.05) is 0 Å². The molecule has 114 valence electrons. The molecule has 4 N–H and O–H groups in total. The van der Waals surface area contributed by atoms with Gasteiger partial charge in [0, 0.05) is 15.2 Å². The number of fused-ring (bicyclic) bond motifs is 1. The van der Waals surface area contributed by atoms with E-state index < -0.39 is 0 Å². The van der Waals surface area contributed by atoms with Gasteiger partial charge in [0.1, 0.15) is 0 Å². The van der Waals surface area contributed by atoms with Crippen molar-refractivity contribution in [2.75, 3.05) is 5.43 Å². The Kier molecular flexibility index (Phi) is 4.34. The fourth-order valence-corrected chi connectivity index (χ4v) is 2.54. The molecule has 0 saturated carbocycles. The fraction of sp³-hybridized carbons (Fsp3) is 0. The van der Waals surface area contributed by atoms with Crippen molar-refractivity contribution < 1.29 is 0 Å². The van der Waals surface area contributed by atoms with E-state index in [1.54, 1.807) is 6.19 Å². The number of nitriles is 1. The number of rotatable bonds is 3. The number of nitrogens with zero attached hydrogens (tertiary/aromatic N) is 3. The number of halogens is 1. The smallest absolute Gasteiger partial charge is 0.207 e. The summed E-state index contributed by atoms with van der Waals surface area (Å²) in [6.07, 6.45) is 3.69. The van der Waals surface area contributed by atoms with Gasteiger partial charge in [0.15, 0.2) is 6.19 Å². The van der Waals surface area contributed by atoms with E-state index in [2.05, 4.69) is 38.3 Å². The molecule has 0 atom stereocenters. The number of guanidine groups is 1. The van der Waals surface area contributed by atoms with Gasteiger partial charge >= 0.3 is 0 Å². The molecule has 1 aromatic heterocycles. The van der Waals surface area contributed by atoms with Crippen molar-refractivity contribution in [3.63, 3.8) is 0 Å². The maximum absolute atomic E-state index is 8.51. The van der Waals surface area contributed by atoms with Crippen molar-refractivity contribution >= 4 is 50.8 Å². The van der Waals surface area contributed by atoms with E-state index in [4.69, 9.17) is 11.0 Å². The summed E-state index contributed by atoms with van der Waals surface area (Å²) in [6.45, 7) is 0. The summed E-state index contributed by atoms with van der Waals surface area (Å²) in [5.74, 6) is 0.0725. The molecule has 0 bridgehead atoms. The van der Waals surface area contributed by atoms with Gasteiger partial charge in [-0.2, -0.15) is 5.26 Å². The van der Waals surface area contributed by atoms with Crippen LogP contribution in [-0.4, -0.2) is 10.6 Å². The summed E-state index contributed by atoms with van der Waals surface area (Å²) in [6, 6.07) is 15.9. The van der Waals surface area contributed by atoms with Crippen LogP contribution in [0.5, 0.6) is 0 Å². The van der Waals surface area contributed by atoms with E-state index in [-0.39, 0.29) is 5.96 Å². The minimum atomic E-state index is 0.0725. The molecule has 0 fully saturated rings. The first kappa shape index (κ1) is 15.2. The molecule has 0 unspecified atom stereocenters. The molecule has 1 heterocycles. The first-order chi connectivity index (χ1) is 11.2. The molecule has 0 aliphatic rings. The molecule has 7 heteroatoms. The highest BCUT2D eigenvalue weighted by Crippen LogP contribution is 2.23. The molecule has 6 nitrogen and oxygen atoms in total. The number of benzene rings is 2. The van der Waals surface area contributed by atoms with E-state index in [0.29, 0.717) is 5.69 Å². The lowest BCUT2D eigenvalue weighted by molar-refractivity contribution is 1.01. The van der Waals surface area contributed by atoms with Crippen molar-refractivity contribution in [3.8, 4) is 6.19 Å². The average molecular weight is 416 g/mol. The first-order valence-electron chi connectivity index (χ1n) is 6.79. The van der Waals surface area contributed by atoms with Crippen LogP contribution in [-0.2, 0) is 0 Å². The van der Waals surface area contributed by atoms with E-state index in [1.807, 2.05) is 59.4 Å². The molecule has 23 heavy (non-hydrogen) atoms. The normalized spacial score (nSPS) is 11.2. The maximum Gasteiger partial charge on any atom is 0.207 e. The zero-order valence-corrected chi connectivity index (χ0v) is 14.2.